The van der Waals surface area contributed by atoms with Crippen molar-refractivity contribution in [1.29, 1.82) is 0 Å². The fourth-order valence-corrected chi connectivity index (χ4v) is 7.48. The van der Waals surface area contributed by atoms with E-state index in [4.69, 9.17) is 18.9 Å². The lowest BCUT2D eigenvalue weighted by molar-refractivity contribution is -0.150. The summed E-state index contributed by atoms with van der Waals surface area (Å²) in [5.41, 5.74) is 1.03. The molecule has 0 unspecified atom stereocenters. The minimum absolute atomic E-state index is 0.0397. The lowest BCUT2D eigenvalue weighted by Gasteiger charge is -2.39. The largest absolute Gasteiger partial charge is 0.459 e. The first-order chi connectivity index (χ1) is 24.4. The van der Waals surface area contributed by atoms with Crippen LogP contribution in [0.25, 0.3) is 0 Å². The average Bonchev–Trinajstić information content (AvgIpc) is 3.85. The maximum Gasteiger partial charge on any atom is 0.303 e. The molecular weight excluding hydrogens is 690 g/mol. The van der Waals surface area contributed by atoms with Crippen molar-refractivity contribution >= 4 is 27.8 Å². The number of nitrogens with zero attached hydrogens (tertiary/aromatic N) is 2. The summed E-state index contributed by atoms with van der Waals surface area (Å²) < 4.78 is 49.2. The molecule has 288 valence electrons. The molecular formula is C38H55N3O10S. The lowest BCUT2D eigenvalue weighted by Crippen LogP contribution is -2.51. The number of sulfonamides is 1. The first-order valence-electron chi connectivity index (χ1n) is 17.8. The zero-order valence-electron chi connectivity index (χ0n) is 31.5. The number of ether oxygens (including phenoxy) is 4. The normalized spacial score (nSPS) is 30.1. The van der Waals surface area contributed by atoms with Gasteiger partial charge in [-0.2, -0.15) is 0 Å². The highest BCUT2D eigenvalue weighted by Gasteiger charge is 2.58. The van der Waals surface area contributed by atoms with Gasteiger partial charge in [0.15, 0.2) is 0 Å². The van der Waals surface area contributed by atoms with Crippen LogP contribution in [0.5, 0.6) is 0 Å². The number of carbonyl (C=O) groups is 3. The van der Waals surface area contributed by atoms with Crippen molar-refractivity contribution < 1.29 is 46.9 Å². The van der Waals surface area contributed by atoms with Gasteiger partial charge in [-0.3, -0.25) is 14.4 Å². The molecule has 1 aromatic rings. The second kappa shape index (κ2) is 17.6. The molecule has 14 heteroatoms. The third-order valence-corrected chi connectivity index (χ3v) is 11.7. The van der Waals surface area contributed by atoms with Crippen LogP contribution in [0.2, 0.25) is 0 Å². The van der Waals surface area contributed by atoms with E-state index in [-0.39, 0.29) is 47.3 Å². The molecule has 13 nitrogen and oxygen atoms in total. The number of aliphatic hydroxyl groups is 1. The Balaban J connectivity index is 1.28. The first-order valence-corrected chi connectivity index (χ1v) is 19.2. The molecule has 0 aromatic heterocycles. The summed E-state index contributed by atoms with van der Waals surface area (Å²) in [6.07, 6.45) is 7.96. The van der Waals surface area contributed by atoms with Crippen LogP contribution in [0.4, 0.5) is 0 Å². The predicted octanol–water partition coefficient (Wildman–Crippen LogP) is 3.27. The highest BCUT2D eigenvalue weighted by molar-refractivity contribution is 7.89. The molecule has 0 saturated carbocycles. The highest BCUT2D eigenvalue weighted by atomic mass is 32.2. The van der Waals surface area contributed by atoms with E-state index in [9.17, 15) is 27.9 Å². The molecule has 0 radical (unpaired) electrons. The van der Waals surface area contributed by atoms with Gasteiger partial charge in [-0.1, -0.05) is 42.9 Å². The van der Waals surface area contributed by atoms with Crippen molar-refractivity contribution in [1.82, 2.24) is 14.5 Å². The van der Waals surface area contributed by atoms with Crippen LogP contribution in [0, 0.1) is 5.92 Å². The molecule has 3 saturated heterocycles. The molecule has 3 aliphatic rings. The lowest BCUT2D eigenvalue weighted by atomic mass is 9.87. The summed E-state index contributed by atoms with van der Waals surface area (Å²) in [6, 6.07) is 6.32. The van der Waals surface area contributed by atoms with Gasteiger partial charge < -0.3 is 34.3 Å². The van der Waals surface area contributed by atoms with Crippen molar-refractivity contribution in [3.63, 3.8) is 0 Å². The Hall–Kier alpha value is -3.40. The van der Waals surface area contributed by atoms with Crippen LogP contribution in [-0.2, 0) is 49.9 Å². The topological polar surface area (TPSA) is 164 Å². The Labute approximate surface area is 308 Å². The average molecular weight is 746 g/mol. The van der Waals surface area contributed by atoms with Gasteiger partial charge in [-0.25, -0.2) is 12.7 Å². The molecule has 9 atom stereocenters. The van der Waals surface area contributed by atoms with Gasteiger partial charge >= 0.3 is 5.97 Å². The van der Waals surface area contributed by atoms with Crippen molar-refractivity contribution in [2.45, 2.75) is 120 Å². The second-order valence-electron chi connectivity index (χ2n) is 14.5. The quantitative estimate of drug-likeness (QED) is 0.125. The summed E-state index contributed by atoms with van der Waals surface area (Å²) in [5, 5.41) is 14.1. The van der Waals surface area contributed by atoms with E-state index in [2.05, 4.69) is 18.3 Å². The number of hydrogen-bond acceptors (Lipinski definition) is 10. The minimum Gasteiger partial charge on any atom is -0.459 e. The second-order valence-corrected chi connectivity index (χ2v) is 16.7. The molecule has 0 bridgehead atoms. The SMILES string of the molecule is CC(=O)O[C@@H](C)/C=C\C(=O)N[C@@H]1C[C@H](C)[C@H](C/C=C(C)/C=C/[C@H]2O[C@H](CC(=O)N(C)Cc3ccc(S(=O)(=O)N(C)C)cc3)C[C@@]3(CO3)[C@@H]2O)O[C@@H]1C. The number of carbonyl (C=O) groups excluding carboxylic acids is 3. The van der Waals surface area contributed by atoms with E-state index in [1.54, 1.807) is 37.1 Å². The number of amides is 2. The van der Waals surface area contributed by atoms with Crippen LogP contribution in [-0.4, -0.2) is 117 Å². The Morgan fingerprint density at radius 1 is 1.10 bits per heavy atom. The Kier molecular flexibility index (Phi) is 14.0. The molecule has 0 aliphatic carbocycles. The molecule has 52 heavy (non-hydrogen) atoms. The van der Waals surface area contributed by atoms with Crippen LogP contribution < -0.4 is 5.32 Å². The third kappa shape index (κ3) is 11.1. The van der Waals surface area contributed by atoms with E-state index in [1.807, 2.05) is 26.0 Å². The summed E-state index contributed by atoms with van der Waals surface area (Å²) in [4.78, 5) is 38.5. The fraction of sp³-hybridized carbons (Fsp3) is 0.605. The monoisotopic (exact) mass is 745 g/mol. The van der Waals surface area contributed by atoms with Crippen molar-refractivity contribution in [2.75, 3.05) is 27.7 Å². The molecule has 2 amide bonds. The predicted molar refractivity (Wildman–Crippen MR) is 194 cm³/mol. The van der Waals surface area contributed by atoms with Gasteiger partial charge in [-0.05, 0) is 63.3 Å². The number of aliphatic hydroxyl groups excluding tert-OH is 1. The Morgan fingerprint density at radius 2 is 1.77 bits per heavy atom. The molecule has 4 rings (SSSR count). The Bertz CT molecular complexity index is 1620. The smallest absolute Gasteiger partial charge is 0.303 e. The number of benzene rings is 1. The standard InChI is InChI=1S/C38H55N3O10S/c1-24(9-16-33-25(2)19-32(27(4)50-33)39-35(43)18-11-26(3)49-28(5)42)10-17-34-37(45)38(23-48-38)21-30(51-34)20-36(44)41(8)22-29-12-14-31(15-13-29)52(46,47)40(6)7/h9-15,17-18,25-27,30,32-34,37,45H,16,19-23H2,1-8H3,(H,39,43)/b17-10+,18-11-,24-9+/t25-,26-,27+,30+,32+,33-,34+,37+,38+/m0/s1. The molecule has 1 aromatic carbocycles. The highest BCUT2D eigenvalue weighted by Crippen LogP contribution is 2.43. The zero-order chi connectivity index (χ0) is 38.4. The number of hydrogen-bond donors (Lipinski definition) is 2. The number of allylic oxidation sites excluding steroid dienone is 2. The number of esters is 1. The van der Waals surface area contributed by atoms with Crippen molar-refractivity contribution in [2.24, 2.45) is 5.92 Å². The van der Waals surface area contributed by atoms with E-state index in [0.29, 0.717) is 26.0 Å². The fourth-order valence-electron chi connectivity index (χ4n) is 6.58. The summed E-state index contributed by atoms with van der Waals surface area (Å²) in [5.74, 6) is -0.625. The maximum atomic E-state index is 13.2. The third-order valence-electron chi connectivity index (χ3n) is 9.87. The van der Waals surface area contributed by atoms with E-state index in [0.717, 1.165) is 21.9 Å². The van der Waals surface area contributed by atoms with Gasteiger partial charge in [0.1, 0.15) is 23.9 Å². The van der Waals surface area contributed by atoms with Gasteiger partial charge in [0.05, 0.1) is 42.3 Å². The summed E-state index contributed by atoms with van der Waals surface area (Å²) >= 11 is 0. The number of rotatable bonds is 14. The molecule has 3 aliphatic heterocycles. The number of epoxide rings is 1. The zero-order valence-corrected chi connectivity index (χ0v) is 32.3. The van der Waals surface area contributed by atoms with E-state index < -0.39 is 46.0 Å². The van der Waals surface area contributed by atoms with E-state index in [1.165, 1.54) is 39.2 Å². The van der Waals surface area contributed by atoms with Gasteiger partial charge in [-0.15, -0.1) is 0 Å². The molecule has 3 fully saturated rings. The Morgan fingerprint density at radius 3 is 2.38 bits per heavy atom. The van der Waals surface area contributed by atoms with Crippen molar-refractivity contribution in [3.05, 3.63) is 65.8 Å². The maximum absolute atomic E-state index is 13.2. The molecule has 1 spiro atoms. The molecule has 2 N–H and O–H groups in total. The van der Waals surface area contributed by atoms with Crippen LogP contribution in [0.15, 0.2) is 65.1 Å². The van der Waals surface area contributed by atoms with Gasteiger partial charge in [0.25, 0.3) is 0 Å². The first kappa shape index (κ1) is 41.4. The minimum atomic E-state index is -3.54. The number of nitrogens with one attached hydrogen (secondary N) is 1. The van der Waals surface area contributed by atoms with E-state index >= 15 is 0 Å². The van der Waals surface area contributed by atoms with Crippen LogP contribution >= 0.6 is 0 Å². The molecule has 3 heterocycles. The summed E-state index contributed by atoms with van der Waals surface area (Å²) in [7, 11) is 1.11. The van der Waals surface area contributed by atoms with Gasteiger partial charge in [0.2, 0.25) is 21.8 Å². The van der Waals surface area contributed by atoms with Gasteiger partial charge in [0, 0.05) is 47.1 Å². The van der Waals surface area contributed by atoms with Crippen LogP contribution in [0.1, 0.15) is 65.9 Å². The van der Waals surface area contributed by atoms with Crippen LogP contribution in [0.3, 0.4) is 0 Å². The summed E-state index contributed by atoms with van der Waals surface area (Å²) in [6.45, 7) is 9.73. The van der Waals surface area contributed by atoms with Crippen molar-refractivity contribution in [3.8, 4) is 0 Å².